The Balaban J connectivity index is 1.40. The van der Waals surface area contributed by atoms with Crippen LogP contribution in [-0.4, -0.2) is 55.3 Å². The van der Waals surface area contributed by atoms with Gasteiger partial charge >= 0.3 is 5.97 Å². The molecule has 2 aliphatic rings. The molecule has 7 nitrogen and oxygen atoms in total. The van der Waals surface area contributed by atoms with E-state index >= 15 is 0 Å². The lowest BCUT2D eigenvalue weighted by atomic mass is 9.77. The Morgan fingerprint density at radius 1 is 1.07 bits per heavy atom. The summed E-state index contributed by atoms with van der Waals surface area (Å²) in [5.41, 5.74) is 3.16. The molecule has 242 valence electrons. The lowest BCUT2D eigenvalue weighted by Crippen LogP contribution is -2.67. The number of ether oxygens (including phenoxy) is 1. The van der Waals surface area contributed by atoms with Gasteiger partial charge in [-0.05, 0) is 104 Å². The number of hydrogen-bond acceptors (Lipinski definition) is 6. The van der Waals surface area contributed by atoms with Gasteiger partial charge in [-0.3, -0.25) is 9.69 Å². The Morgan fingerprint density at radius 2 is 1.78 bits per heavy atom. The molecule has 45 heavy (non-hydrogen) atoms. The number of fused-ring (bicyclic) bond motifs is 2. The molecule has 1 N–H and O–H groups in total. The van der Waals surface area contributed by atoms with Crippen LogP contribution in [0.2, 0.25) is 0 Å². The summed E-state index contributed by atoms with van der Waals surface area (Å²) in [6.07, 6.45) is 9.00. The largest absolute Gasteiger partial charge is 0.459 e. The summed E-state index contributed by atoms with van der Waals surface area (Å²) in [5, 5.41) is 3.06. The molecule has 3 aromatic rings. The number of benzene rings is 2. The van der Waals surface area contributed by atoms with E-state index in [9.17, 15) is 9.59 Å². The van der Waals surface area contributed by atoms with Crippen LogP contribution in [0, 0.1) is 13.8 Å². The number of hydrogen-bond donors (Lipinski definition) is 1. The number of unbranched alkanes of at least 4 members (excludes halogenated alkanes) is 2. The van der Waals surface area contributed by atoms with Crippen molar-refractivity contribution in [3.8, 4) is 11.4 Å². The lowest BCUT2D eigenvalue weighted by molar-refractivity contribution is -0.172. The molecule has 2 aromatic carbocycles. The van der Waals surface area contributed by atoms with Gasteiger partial charge in [-0.25, -0.2) is 9.78 Å². The highest BCUT2D eigenvalue weighted by Crippen LogP contribution is 2.57. The fourth-order valence-corrected chi connectivity index (χ4v) is 8.68. The first kappa shape index (κ1) is 33.3. The summed E-state index contributed by atoms with van der Waals surface area (Å²) in [6.45, 7) is 15.1. The fourth-order valence-electron chi connectivity index (χ4n) is 7.17. The third-order valence-electron chi connectivity index (χ3n) is 9.65. The maximum atomic E-state index is 13.9. The van der Waals surface area contributed by atoms with E-state index in [-0.39, 0.29) is 16.6 Å². The van der Waals surface area contributed by atoms with Crippen molar-refractivity contribution < 1.29 is 14.3 Å². The third-order valence-corrected chi connectivity index (χ3v) is 11.2. The van der Waals surface area contributed by atoms with Crippen LogP contribution in [0.15, 0.2) is 53.6 Å². The molecule has 2 fully saturated rings. The Kier molecular flexibility index (Phi) is 9.58. The molecular weight excluding hydrogens is 580 g/mol. The van der Waals surface area contributed by atoms with Gasteiger partial charge in [0, 0.05) is 39.7 Å². The molecule has 1 aromatic heterocycles. The molecule has 0 aliphatic carbocycles. The molecule has 2 bridgehead atoms. The van der Waals surface area contributed by atoms with Crippen LogP contribution in [0.3, 0.4) is 0 Å². The fraction of sp³-hybridized carbons (Fsp3) is 0.541. The number of nitrogens with zero attached hydrogens (tertiary/aromatic N) is 3. The Morgan fingerprint density at radius 3 is 2.44 bits per heavy atom. The number of nitrogens with one attached hydrogen (secondary N) is 1. The molecule has 2 aliphatic heterocycles. The second-order valence-electron chi connectivity index (χ2n) is 14.2. The molecule has 1 amide bonds. The summed E-state index contributed by atoms with van der Waals surface area (Å²) in [4.78, 5) is 35.5. The van der Waals surface area contributed by atoms with Crippen LogP contribution >= 0.6 is 11.8 Å². The highest BCUT2D eigenvalue weighted by atomic mass is 32.2. The Bertz CT molecular complexity index is 1540. The van der Waals surface area contributed by atoms with E-state index in [1.54, 1.807) is 11.8 Å². The normalized spacial score (nSPS) is 23.2. The Hall–Kier alpha value is -3.10. The van der Waals surface area contributed by atoms with E-state index in [1.807, 2.05) is 52.9 Å². The van der Waals surface area contributed by atoms with Gasteiger partial charge in [-0.15, -0.1) is 11.8 Å². The number of amides is 1. The molecule has 0 saturated carbocycles. The average Bonchev–Trinajstić information content (AvgIpc) is 3.50. The minimum Gasteiger partial charge on any atom is -0.459 e. The van der Waals surface area contributed by atoms with Crippen LogP contribution < -0.4 is 5.32 Å². The molecule has 0 radical (unpaired) electrons. The van der Waals surface area contributed by atoms with Crippen LogP contribution in [0.1, 0.15) is 101 Å². The van der Waals surface area contributed by atoms with E-state index in [0.717, 1.165) is 84.6 Å². The van der Waals surface area contributed by atoms with Crippen molar-refractivity contribution in [2.45, 2.75) is 127 Å². The van der Waals surface area contributed by atoms with Crippen LogP contribution in [0.4, 0.5) is 5.69 Å². The molecule has 5 rings (SSSR count). The van der Waals surface area contributed by atoms with Crippen molar-refractivity contribution in [1.82, 2.24) is 14.5 Å². The monoisotopic (exact) mass is 630 g/mol. The summed E-state index contributed by atoms with van der Waals surface area (Å²) in [7, 11) is 2.11. The highest BCUT2D eigenvalue weighted by Gasteiger charge is 2.65. The number of aryl methyl sites for hydroxylation is 3. The second-order valence-corrected chi connectivity index (χ2v) is 15.8. The van der Waals surface area contributed by atoms with E-state index < -0.39 is 11.1 Å². The van der Waals surface area contributed by atoms with Gasteiger partial charge in [0.2, 0.25) is 0 Å². The quantitative estimate of drug-likeness (QED) is 0.179. The zero-order chi connectivity index (χ0) is 32.6. The number of thioether (sulfide) groups is 1. The molecule has 3 heterocycles. The van der Waals surface area contributed by atoms with Gasteiger partial charge in [-0.2, -0.15) is 0 Å². The summed E-state index contributed by atoms with van der Waals surface area (Å²) in [6, 6.07) is 14.9. The number of esters is 1. The zero-order valence-corrected chi connectivity index (χ0v) is 29.1. The van der Waals surface area contributed by atoms with Crippen molar-refractivity contribution in [1.29, 1.82) is 0 Å². The number of rotatable bonds is 10. The standard InChI is InChI=1S/C37H50N4O3S/c1-9-10-11-22-41-24-31(33(42)39-30-17-12-25(2)23-26(30)3)38-32(41)27-13-15-29(16-14-27)45-36(7)20-18-28-19-21-37(36,40(28)8)34(43)44-35(4,5)6/h12-17,23-24,28H,9-11,18-22H2,1-8H3,(H,39,42)/t28-,36?,37+/m1/s1. The van der Waals surface area contributed by atoms with E-state index in [4.69, 9.17) is 9.72 Å². The SMILES string of the molecule is CCCCCn1cc(C(=O)Nc2ccc(C)cc2C)nc1-c1ccc(SC2(C)CC[C@@H]3CC[C@@]2(C(=O)OC(C)(C)C)N3C)cc1. The Labute approximate surface area is 273 Å². The van der Waals surface area contributed by atoms with Crippen LogP contribution in [0.5, 0.6) is 0 Å². The minimum absolute atomic E-state index is 0.105. The van der Waals surface area contributed by atoms with Gasteiger partial charge in [0.1, 0.15) is 22.7 Å². The van der Waals surface area contributed by atoms with Crippen molar-refractivity contribution in [3.63, 3.8) is 0 Å². The van der Waals surface area contributed by atoms with E-state index in [1.165, 1.54) is 0 Å². The lowest BCUT2D eigenvalue weighted by Gasteiger charge is -2.53. The second kappa shape index (κ2) is 13.0. The molecule has 2 saturated heterocycles. The number of carbonyl (C=O) groups is 2. The molecule has 3 atom stereocenters. The van der Waals surface area contributed by atoms with Crippen molar-refractivity contribution >= 4 is 29.3 Å². The first-order valence-electron chi connectivity index (χ1n) is 16.5. The average molecular weight is 631 g/mol. The molecule has 0 spiro atoms. The van der Waals surface area contributed by atoms with Gasteiger partial charge < -0.3 is 14.6 Å². The predicted molar refractivity (Wildman–Crippen MR) is 184 cm³/mol. The number of imidazole rings is 1. The predicted octanol–water partition coefficient (Wildman–Crippen LogP) is 8.43. The number of anilines is 1. The summed E-state index contributed by atoms with van der Waals surface area (Å²) >= 11 is 1.79. The minimum atomic E-state index is -0.667. The summed E-state index contributed by atoms with van der Waals surface area (Å²) in [5.74, 6) is 0.481. The highest BCUT2D eigenvalue weighted by molar-refractivity contribution is 8.00. The van der Waals surface area contributed by atoms with Gasteiger partial charge in [0.15, 0.2) is 0 Å². The van der Waals surface area contributed by atoms with Crippen molar-refractivity contribution in [3.05, 3.63) is 65.5 Å². The van der Waals surface area contributed by atoms with Crippen LogP contribution in [0.25, 0.3) is 11.4 Å². The van der Waals surface area contributed by atoms with Gasteiger partial charge in [0.05, 0.1) is 0 Å². The molecular formula is C37H50N4O3S. The zero-order valence-electron chi connectivity index (χ0n) is 28.3. The van der Waals surface area contributed by atoms with Crippen molar-refractivity contribution in [2.24, 2.45) is 0 Å². The number of piperidine rings is 1. The van der Waals surface area contributed by atoms with E-state index in [2.05, 4.69) is 66.0 Å². The maximum absolute atomic E-state index is 13.9. The summed E-state index contributed by atoms with van der Waals surface area (Å²) < 4.78 is 7.84. The van der Waals surface area contributed by atoms with Gasteiger partial charge in [0.25, 0.3) is 5.91 Å². The number of likely N-dealkylation sites (N-methyl/N-ethyl adjacent to an activating group) is 1. The third kappa shape index (κ3) is 6.73. The molecule has 1 unspecified atom stereocenters. The van der Waals surface area contributed by atoms with Crippen LogP contribution in [-0.2, 0) is 16.1 Å². The number of aromatic nitrogens is 2. The number of carbonyl (C=O) groups excluding carboxylic acids is 2. The van der Waals surface area contributed by atoms with E-state index in [0.29, 0.717) is 11.7 Å². The smallest absolute Gasteiger partial charge is 0.328 e. The van der Waals surface area contributed by atoms with Gasteiger partial charge in [-0.1, -0.05) is 49.6 Å². The first-order chi connectivity index (χ1) is 21.3. The van der Waals surface area contributed by atoms with Crippen molar-refractivity contribution in [2.75, 3.05) is 12.4 Å². The topological polar surface area (TPSA) is 76.5 Å². The molecule has 8 heteroatoms. The first-order valence-corrected chi connectivity index (χ1v) is 17.3. The maximum Gasteiger partial charge on any atom is 0.328 e.